The summed E-state index contributed by atoms with van der Waals surface area (Å²) in [7, 11) is 1.55. The van der Waals surface area contributed by atoms with Crippen LogP contribution in [0.25, 0.3) is 10.9 Å². The third-order valence-electron chi connectivity index (χ3n) is 6.15. The summed E-state index contributed by atoms with van der Waals surface area (Å²) in [6.45, 7) is 7.79. The fourth-order valence-electron chi connectivity index (χ4n) is 4.46. The van der Waals surface area contributed by atoms with Crippen molar-refractivity contribution in [1.82, 2.24) is 4.98 Å². The first-order valence-corrected chi connectivity index (χ1v) is 10.7. The van der Waals surface area contributed by atoms with Gasteiger partial charge in [-0.3, -0.25) is 0 Å². The molecule has 2 N–H and O–H groups in total. The summed E-state index contributed by atoms with van der Waals surface area (Å²) >= 11 is 0. The Kier molecular flexibility index (Phi) is 6.61. The lowest BCUT2D eigenvalue weighted by Crippen LogP contribution is -2.45. The van der Waals surface area contributed by atoms with Gasteiger partial charge < -0.3 is 14.8 Å². The lowest BCUT2D eigenvalue weighted by atomic mass is 9.72. The van der Waals surface area contributed by atoms with Gasteiger partial charge in [0, 0.05) is 28.6 Å². The zero-order valence-electron chi connectivity index (χ0n) is 19.2. The number of nitriles is 1. The molecule has 6 heteroatoms. The van der Waals surface area contributed by atoms with Gasteiger partial charge in [-0.05, 0) is 35.4 Å². The fraction of sp³-hybridized carbons (Fsp3) is 0.423. The third-order valence-corrected chi connectivity index (χ3v) is 6.15. The Bertz CT molecular complexity index is 1140. The van der Waals surface area contributed by atoms with Crippen LogP contribution in [-0.2, 0) is 11.8 Å². The SMILES string of the molecule is COc1ccc(C(C)C)cc1C(C)(C)CC(O)(Cc1[nH]c2ccccc2c1C#N)C(F)F. The summed E-state index contributed by atoms with van der Waals surface area (Å²) in [5.41, 5.74) is -0.0396. The molecule has 1 aromatic heterocycles. The van der Waals surface area contributed by atoms with Crippen LogP contribution in [0.5, 0.6) is 5.75 Å². The normalized spacial score (nSPS) is 14.0. The van der Waals surface area contributed by atoms with Crippen LogP contribution < -0.4 is 4.74 Å². The molecule has 0 saturated carbocycles. The largest absolute Gasteiger partial charge is 0.496 e. The molecule has 4 nitrogen and oxygen atoms in total. The molecule has 0 aliphatic rings. The van der Waals surface area contributed by atoms with E-state index in [4.69, 9.17) is 4.74 Å². The van der Waals surface area contributed by atoms with Gasteiger partial charge >= 0.3 is 0 Å². The monoisotopic (exact) mass is 440 g/mol. The summed E-state index contributed by atoms with van der Waals surface area (Å²) in [6, 6.07) is 15.0. The van der Waals surface area contributed by atoms with Gasteiger partial charge in [-0.1, -0.05) is 58.0 Å². The number of halogens is 2. The van der Waals surface area contributed by atoms with E-state index in [2.05, 4.69) is 24.9 Å². The van der Waals surface area contributed by atoms with E-state index in [0.29, 0.717) is 22.3 Å². The van der Waals surface area contributed by atoms with E-state index in [1.807, 2.05) is 32.0 Å². The second-order valence-electron chi connectivity index (χ2n) is 9.39. The van der Waals surface area contributed by atoms with Gasteiger partial charge in [0.25, 0.3) is 6.43 Å². The van der Waals surface area contributed by atoms with Crippen LogP contribution in [0.1, 0.15) is 62.4 Å². The van der Waals surface area contributed by atoms with Crippen molar-refractivity contribution in [3.63, 3.8) is 0 Å². The van der Waals surface area contributed by atoms with Gasteiger partial charge in [-0.25, -0.2) is 8.78 Å². The smallest absolute Gasteiger partial charge is 0.267 e. The molecule has 1 unspecified atom stereocenters. The van der Waals surface area contributed by atoms with Gasteiger partial charge in [0.2, 0.25) is 0 Å². The first-order valence-electron chi connectivity index (χ1n) is 10.7. The van der Waals surface area contributed by atoms with E-state index in [0.717, 1.165) is 11.1 Å². The average Bonchev–Trinajstić information content (AvgIpc) is 3.09. The first kappa shape index (κ1) is 23.7. The van der Waals surface area contributed by atoms with Gasteiger partial charge in [0.1, 0.15) is 17.4 Å². The number of nitrogens with zero attached hydrogens (tertiary/aromatic N) is 1. The highest BCUT2D eigenvalue weighted by Gasteiger charge is 2.44. The number of alkyl halides is 2. The van der Waals surface area contributed by atoms with Crippen LogP contribution in [0.3, 0.4) is 0 Å². The van der Waals surface area contributed by atoms with E-state index in [1.54, 1.807) is 31.4 Å². The van der Waals surface area contributed by atoms with Crippen LogP contribution in [0, 0.1) is 11.3 Å². The van der Waals surface area contributed by atoms with Crippen molar-refractivity contribution in [2.24, 2.45) is 0 Å². The van der Waals surface area contributed by atoms with Crippen molar-refractivity contribution >= 4 is 10.9 Å². The number of hydrogen-bond donors (Lipinski definition) is 2. The molecule has 2 aromatic carbocycles. The second kappa shape index (κ2) is 8.91. The summed E-state index contributed by atoms with van der Waals surface area (Å²) in [4.78, 5) is 3.06. The van der Waals surface area contributed by atoms with Crippen molar-refractivity contribution in [3.05, 3.63) is 64.8 Å². The molecule has 0 amide bonds. The Morgan fingerprint density at radius 2 is 1.84 bits per heavy atom. The molecule has 0 bridgehead atoms. The maximum absolute atomic E-state index is 14.3. The van der Waals surface area contributed by atoms with Gasteiger partial charge in [0.05, 0.1) is 12.7 Å². The number of benzene rings is 2. The number of rotatable bonds is 8. The molecule has 170 valence electrons. The zero-order valence-corrected chi connectivity index (χ0v) is 19.2. The molecule has 0 aliphatic heterocycles. The molecule has 0 fully saturated rings. The highest BCUT2D eigenvalue weighted by molar-refractivity contribution is 5.87. The van der Waals surface area contributed by atoms with Crippen LogP contribution >= 0.6 is 0 Å². The molecule has 3 rings (SSSR count). The Labute approximate surface area is 187 Å². The van der Waals surface area contributed by atoms with E-state index in [-0.39, 0.29) is 24.3 Å². The number of fused-ring (bicyclic) bond motifs is 1. The number of aromatic amines is 1. The number of para-hydroxylation sites is 1. The van der Waals surface area contributed by atoms with Gasteiger partial charge in [-0.15, -0.1) is 0 Å². The Morgan fingerprint density at radius 3 is 2.44 bits per heavy atom. The van der Waals surface area contributed by atoms with E-state index in [1.165, 1.54) is 0 Å². The highest BCUT2D eigenvalue weighted by Crippen LogP contribution is 2.42. The minimum atomic E-state index is -3.00. The maximum atomic E-state index is 14.3. The standard InChI is InChI=1S/C26H30F2N2O2/c1-16(2)17-10-11-23(32-5)20(12-17)25(3,4)15-26(31,24(27)28)13-22-19(14-29)18-8-6-7-9-21(18)30-22/h6-12,16,24,30-31H,13,15H2,1-5H3. The predicted octanol–water partition coefficient (Wildman–Crippen LogP) is 6.08. The Morgan fingerprint density at radius 1 is 1.16 bits per heavy atom. The predicted molar refractivity (Wildman–Crippen MR) is 122 cm³/mol. The first-order chi connectivity index (χ1) is 15.0. The molecule has 0 saturated heterocycles. The molecule has 32 heavy (non-hydrogen) atoms. The lowest BCUT2D eigenvalue weighted by Gasteiger charge is -2.37. The van der Waals surface area contributed by atoms with Crippen molar-refractivity contribution in [2.45, 2.75) is 63.9 Å². The van der Waals surface area contributed by atoms with Crippen molar-refractivity contribution in [3.8, 4) is 11.8 Å². The van der Waals surface area contributed by atoms with Crippen LogP contribution in [0.2, 0.25) is 0 Å². The number of methoxy groups -OCH3 is 1. The topological polar surface area (TPSA) is 69.0 Å². The zero-order chi connectivity index (χ0) is 23.7. The summed E-state index contributed by atoms with van der Waals surface area (Å²) in [5.74, 6) is 0.855. The molecule has 1 atom stereocenters. The quantitative estimate of drug-likeness (QED) is 0.446. The second-order valence-corrected chi connectivity index (χ2v) is 9.39. The maximum Gasteiger partial charge on any atom is 0.267 e. The molecule has 1 heterocycles. The van der Waals surface area contributed by atoms with Crippen LogP contribution in [0.4, 0.5) is 8.78 Å². The highest BCUT2D eigenvalue weighted by atomic mass is 19.3. The minimum absolute atomic E-state index is 0.212. The summed E-state index contributed by atoms with van der Waals surface area (Å²) in [5, 5.41) is 21.5. The van der Waals surface area contributed by atoms with Crippen LogP contribution in [-0.4, -0.2) is 29.2 Å². The number of nitrogens with one attached hydrogen (secondary N) is 1. The van der Waals surface area contributed by atoms with Crippen molar-refractivity contribution in [2.75, 3.05) is 7.11 Å². The van der Waals surface area contributed by atoms with Gasteiger partial charge in [-0.2, -0.15) is 5.26 Å². The Balaban J connectivity index is 2.03. The van der Waals surface area contributed by atoms with Crippen molar-refractivity contribution in [1.29, 1.82) is 5.26 Å². The number of hydrogen-bond acceptors (Lipinski definition) is 3. The molecular weight excluding hydrogens is 410 g/mol. The van der Waals surface area contributed by atoms with E-state index in [9.17, 15) is 19.1 Å². The average molecular weight is 441 g/mol. The van der Waals surface area contributed by atoms with E-state index < -0.39 is 17.4 Å². The van der Waals surface area contributed by atoms with Gasteiger partial charge in [0.15, 0.2) is 0 Å². The number of aromatic nitrogens is 1. The van der Waals surface area contributed by atoms with Crippen molar-refractivity contribution < 1.29 is 18.6 Å². The molecule has 3 aromatic rings. The number of H-pyrrole nitrogens is 1. The van der Waals surface area contributed by atoms with E-state index >= 15 is 0 Å². The molecule has 0 aliphatic carbocycles. The molecule has 0 spiro atoms. The third kappa shape index (κ3) is 4.49. The lowest BCUT2D eigenvalue weighted by molar-refractivity contribution is -0.110. The van der Waals surface area contributed by atoms with Crippen LogP contribution in [0.15, 0.2) is 42.5 Å². The number of aliphatic hydroxyl groups is 1. The summed E-state index contributed by atoms with van der Waals surface area (Å²) in [6.07, 6.45) is -3.58. The number of ether oxygens (including phenoxy) is 1. The molecular formula is C26H30F2N2O2. The minimum Gasteiger partial charge on any atom is -0.496 e. The molecule has 0 radical (unpaired) electrons. The Hall–Kier alpha value is -2.91. The fourth-order valence-corrected chi connectivity index (χ4v) is 4.46. The summed E-state index contributed by atoms with van der Waals surface area (Å²) < 4.78 is 34.2.